The molecule has 7 aliphatic rings. The van der Waals surface area contributed by atoms with Gasteiger partial charge in [-0.15, -0.1) is 0 Å². The van der Waals surface area contributed by atoms with Crippen molar-refractivity contribution in [2.45, 2.75) is 173 Å². The molecule has 4 saturated carbocycles. The summed E-state index contributed by atoms with van der Waals surface area (Å²) < 4.78 is 23.6. The number of aliphatic carboxylic acids is 2. The summed E-state index contributed by atoms with van der Waals surface area (Å²) in [6.45, 7) is 12.1. The average molecular weight is 825 g/mol. The number of aldehydes is 1. The normalized spacial score (nSPS) is 53.8. The van der Waals surface area contributed by atoms with E-state index in [0.717, 1.165) is 11.9 Å². The first-order valence-electron chi connectivity index (χ1n) is 20.9. The second kappa shape index (κ2) is 14.8. The summed E-state index contributed by atoms with van der Waals surface area (Å²) in [4.78, 5) is 38.8. The number of allylic oxidation sites excluding steroid dienone is 2. The number of carbonyl (C=O) groups excluding carboxylic acids is 1. The number of hydrogen-bond donors (Lipinski definition) is 9. The number of rotatable bonds is 8. The fraction of sp³-hybridized carbons (Fsp3) is 0.881. The number of carboxylic acids is 2. The molecule has 328 valence electrons. The Kier molecular flexibility index (Phi) is 11.2. The Labute approximate surface area is 338 Å². The van der Waals surface area contributed by atoms with Gasteiger partial charge in [-0.1, -0.05) is 53.2 Å². The number of carboxylic acid groups (broad SMARTS) is 2. The van der Waals surface area contributed by atoms with Gasteiger partial charge < -0.3 is 69.7 Å². The Morgan fingerprint density at radius 3 is 2.10 bits per heavy atom. The molecule has 16 heteroatoms. The number of aliphatic hydroxyl groups is 7. The van der Waals surface area contributed by atoms with Crippen molar-refractivity contribution in [2.24, 2.45) is 50.2 Å². The van der Waals surface area contributed by atoms with Gasteiger partial charge in [-0.3, -0.25) is 4.79 Å². The number of ether oxygens (including phenoxy) is 4. The van der Waals surface area contributed by atoms with Gasteiger partial charge in [0.1, 0.15) is 54.4 Å². The Bertz CT molecular complexity index is 1650. The minimum Gasteiger partial charge on any atom is -0.481 e. The lowest BCUT2D eigenvalue weighted by atomic mass is 9.33. The second-order valence-corrected chi connectivity index (χ2v) is 20.5. The quantitative estimate of drug-likeness (QED) is 0.0943. The largest absolute Gasteiger partial charge is 0.481 e. The van der Waals surface area contributed by atoms with E-state index in [1.54, 1.807) is 6.92 Å². The molecule has 2 heterocycles. The third-order valence-electron chi connectivity index (χ3n) is 17.2. The zero-order valence-corrected chi connectivity index (χ0v) is 34.3. The van der Waals surface area contributed by atoms with Crippen LogP contribution >= 0.6 is 0 Å². The topological polar surface area (TPSA) is 270 Å². The Balaban J connectivity index is 1.19. The van der Waals surface area contributed by atoms with Crippen LogP contribution in [0, 0.1) is 50.2 Å². The molecule has 0 aromatic carbocycles. The second-order valence-electron chi connectivity index (χ2n) is 20.5. The summed E-state index contributed by atoms with van der Waals surface area (Å²) in [5.74, 6) is -3.07. The molecular weight excluding hydrogens is 760 g/mol. The highest BCUT2D eigenvalue weighted by Gasteiger charge is 2.72. The fourth-order valence-corrected chi connectivity index (χ4v) is 13.6. The predicted octanol–water partition coefficient (Wildman–Crippen LogP) is 1.12. The maximum atomic E-state index is 13.5. The van der Waals surface area contributed by atoms with Crippen LogP contribution in [0.15, 0.2) is 11.6 Å². The molecule has 20 atom stereocenters. The van der Waals surface area contributed by atoms with Crippen LogP contribution in [0.3, 0.4) is 0 Å². The molecule has 0 bridgehead atoms. The van der Waals surface area contributed by atoms with Gasteiger partial charge in [-0.05, 0) is 97.2 Å². The number of carbonyl (C=O) groups is 3. The average Bonchev–Trinajstić information content (AvgIpc) is 3.15. The summed E-state index contributed by atoms with van der Waals surface area (Å²) in [5.41, 5.74) is -2.70. The lowest BCUT2D eigenvalue weighted by molar-refractivity contribution is -0.373. The van der Waals surface area contributed by atoms with Gasteiger partial charge in [0, 0.05) is 0 Å². The third kappa shape index (κ3) is 6.21. The Morgan fingerprint density at radius 2 is 1.48 bits per heavy atom. The molecule has 2 aliphatic heterocycles. The van der Waals surface area contributed by atoms with Gasteiger partial charge in [-0.25, -0.2) is 4.79 Å². The van der Waals surface area contributed by atoms with Gasteiger partial charge >= 0.3 is 11.9 Å². The van der Waals surface area contributed by atoms with Gasteiger partial charge in [0.2, 0.25) is 0 Å². The Morgan fingerprint density at radius 1 is 0.793 bits per heavy atom. The molecule has 0 aromatic rings. The number of hydrogen-bond acceptors (Lipinski definition) is 14. The highest BCUT2D eigenvalue weighted by atomic mass is 16.8. The highest BCUT2D eigenvalue weighted by Crippen LogP contribution is 2.76. The zero-order valence-electron chi connectivity index (χ0n) is 34.3. The van der Waals surface area contributed by atoms with Crippen molar-refractivity contribution >= 4 is 18.2 Å². The first-order chi connectivity index (χ1) is 27.0. The van der Waals surface area contributed by atoms with Crippen LogP contribution in [0.2, 0.25) is 0 Å². The first kappa shape index (κ1) is 44.0. The van der Waals surface area contributed by atoms with Crippen LogP contribution in [0.5, 0.6) is 0 Å². The molecule has 9 N–H and O–H groups in total. The summed E-state index contributed by atoms with van der Waals surface area (Å²) in [6.07, 6.45) is -11.9. The zero-order chi connectivity index (χ0) is 42.7. The number of aliphatic hydroxyl groups excluding tert-OH is 7. The van der Waals surface area contributed by atoms with E-state index in [-0.39, 0.29) is 28.6 Å². The van der Waals surface area contributed by atoms with Gasteiger partial charge in [0.05, 0.1) is 24.2 Å². The maximum Gasteiger partial charge on any atom is 0.335 e. The standard InChI is InChI=1S/C42H64O16/c1-37(2)13-14-42(36(53)54)20(15-37)19-7-8-23-38(3)11-10-25(39(4,18-44)22(38)9-12-40(23,5)41(19,6)16-24(42)45)56-35-32(29(49)28(48)31(57-35)33(51)52)58-34-30(50)27(47)26(46)21(17-43)55-34/h7,18,20-32,34-35,43,45-50H,8-17H2,1-6H3,(H,51,52)(H,53,54)/t20?,21?,22?,23?,24?,25-,26-,27?,28-,29?,30?,31?,32?,34-,35+,38?,39?,40?,41?,42+/m0/s1. The summed E-state index contributed by atoms with van der Waals surface area (Å²) in [5, 5.41) is 95.7. The van der Waals surface area contributed by atoms with E-state index >= 15 is 0 Å². The molecule has 16 nitrogen and oxygen atoms in total. The van der Waals surface area contributed by atoms with Gasteiger partial charge in [0.25, 0.3) is 0 Å². The van der Waals surface area contributed by atoms with Crippen LogP contribution in [0.25, 0.3) is 0 Å². The van der Waals surface area contributed by atoms with Crippen molar-refractivity contribution in [2.75, 3.05) is 6.61 Å². The van der Waals surface area contributed by atoms with Crippen molar-refractivity contribution < 1.29 is 79.3 Å². The van der Waals surface area contributed by atoms with Crippen molar-refractivity contribution in [3.63, 3.8) is 0 Å². The minimum atomic E-state index is -2.03. The first-order valence-corrected chi connectivity index (χ1v) is 20.9. The SMILES string of the molecule is CC1(C)CC[C@]2(C(=O)O)C(O)CC3(C)C(=CCC4C5(C)CC[C@H](O[C@@H]6OC(C(=O)O)[C@@H](O)C(O)C6O[C@@H]6OC(CO)[C@H](O)C(O)C6O)C(C)(C=O)C5CCC43C)C2C1. The van der Waals surface area contributed by atoms with E-state index in [9.17, 15) is 60.3 Å². The molecule has 0 spiro atoms. The van der Waals surface area contributed by atoms with Crippen LogP contribution in [-0.2, 0) is 33.3 Å². The third-order valence-corrected chi connectivity index (χ3v) is 17.2. The van der Waals surface area contributed by atoms with Gasteiger partial charge in [0.15, 0.2) is 18.7 Å². The molecule has 7 rings (SSSR count). The highest BCUT2D eigenvalue weighted by molar-refractivity contribution is 5.77. The maximum absolute atomic E-state index is 13.5. The number of fused-ring (bicyclic) bond motifs is 7. The molecule has 58 heavy (non-hydrogen) atoms. The van der Waals surface area contributed by atoms with E-state index in [1.807, 2.05) is 0 Å². The van der Waals surface area contributed by atoms with E-state index in [2.05, 4.69) is 40.7 Å². The summed E-state index contributed by atoms with van der Waals surface area (Å²) in [7, 11) is 0. The van der Waals surface area contributed by atoms with E-state index in [0.29, 0.717) is 57.8 Å². The van der Waals surface area contributed by atoms with Crippen molar-refractivity contribution in [1.82, 2.24) is 0 Å². The summed E-state index contributed by atoms with van der Waals surface area (Å²) >= 11 is 0. The molecule has 0 radical (unpaired) electrons. The van der Waals surface area contributed by atoms with E-state index in [4.69, 9.17) is 18.9 Å². The van der Waals surface area contributed by atoms with Crippen molar-refractivity contribution in [1.29, 1.82) is 0 Å². The van der Waals surface area contributed by atoms with Crippen molar-refractivity contribution in [3.05, 3.63) is 11.6 Å². The molecule has 2 saturated heterocycles. The molecule has 0 aromatic heterocycles. The molecular formula is C42H64O16. The van der Waals surface area contributed by atoms with E-state index < -0.39 is 114 Å². The fourth-order valence-electron chi connectivity index (χ4n) is 13.6. The lowest BCUT2D eigenvalue weighted by Crippen LogP contribution is -2.68. The van der Waals surface area contributed by atoms with Crippen LogP contribution in [-0.4, -0.2) is 144 Å². The van der Waals surface area contributed by atoms with Crippen molar-refractivity contribution in [3.8, 4) is 0 Å². The monoisotopic (exact) mass is 824 g/mol. The van der Waals surface area contributed by atoms with E-state index in [1.165, 1.54) is 0 Å². The summed E-state index contributed by atoms with van der Waals surface area (Å²) in [6, 6.07) is 0. The molecule has 0 amide bonds. The Hall–Kier alpha value is -2.09. The lowest BCUT2D eigenvalue weighted by Gasteiger charge is -2.71. The molecule has 5 aliphatic carbocycles. The van der Waals surface area contributed by atoms with Crippen LogP contribution in [0.4, 0.5) is 0 Å². The van der Waals surface area contributed by atoms with Gasteiger partial charge in [-0.2, -0.15) is 0 Å². The van der Waals surface area contributed by atoms with Crippen LogP contribution in [0.1, 0.15) is 99.3 Å². The molecule has 14 unspecified atom stereocenters. The molecule has 6 fully saturated rings. The minimum absolute atomic E-state index is 0.0374. The smallest absolute Gasteiger partial charge is 0.335 e. The van der Waals surface area contributed by atoms with Crippen LogP contribution < -0.4 is 0 Å². The predicted molar refractivity (Wildman–Crippen MR) is 200 cm³/mol.